The maximum atomic E-state index is 14.1. The van der Waals surface area contributed by atoms with Crippen LogP contribution in [0.1, 0.15) is 72.5 Å². The van der Waals surface area contributed by atoms with Crippen LogP contribution in [0.25, 0.3) is 33.3 Å². The Balaban J connectivity index is 1.34. The van der Waals surface area contributed by atoms with Crippen molar-refractivity contribution in [2.24, 2.45) is 5.41 Å². The summed E-state index contributed by atoms with van der Waals surface area (Å²) in [5, 5.41) is 4.47. The summed E-state index contributed by atoms with van der Waals surface area (Å²) in [5.74, 6) is 0.0428. The van der Waals surface area contributed by atoms with Crippen molar-refractivity contribution in [1.29, 1.82) is 0 Å². The van der Waals surface area contributed by atoms with Gasteiger partial charge in [0.15, 0.2) is 0 Å². The van der Waals surface area contributed by atoms with Crippen molar-refractivity contribution < 1.29 is 4.79 Å². The predicted molar refractivity (Wildman–Crippen MR) is 154 cm³/mol. The Morgan fingerprint density at radius 1 is 0.892 bits per heavy atom. The zero-order valence-corrected chi connectivity index (χ0v) is 23.0. The molecule has 4 aromatic rings. The molecular formula is C33H31BrN2O. The average molecular weight is 552 g/mol. The number of halogens is 1. The Labute approximate surface area is 226 Å². The first kappa shape index (κ1) is 23.2. The van der Waals surface area contributed by atoms with E-state index < -0.39 is 0 Å². The first-order valence-corrected chi connectivity index (χ1v) is 14.3. The number of aromatic nitrogens is 1. The molecule has 0 unspecified atom stereocenters. The van der Waals surface area contributed by atoms with Crippen molar-refractivity contribution in [2.45, 2.75) is 64.3 Å². The third-order valence-corrected chi connectivity index (χ3v) is 9.98. The molecule has 3 aromatic carbocycles. The summed E-state index contributed by atoms with van der Waals surface area (Å²) in [4.78, 5) is 19.2. The van der Waals surface area contributed by atoms with Crippen molar-refractivity contribution in [3.8, 4) is 22.4 Å². The average Bonchev–Trinajstić information content (AvgIpc) is 3.27. The number of carbonyl (C=O) groups excluding carboxylic acids is 1. The summed E-state index contributed by atoms with van der Waals surface area (Å²) in [6.45, 7) is 4.48. The summed E-state index contributed by atoms with van der Waals surface area (Å²) in [7, 11) is 0. The Morgan fingerprint density at radius 3 is 2.41 bits per heavy atom. The maximum absolute atomic E-state index is 14.1. The lowest BCUT2D eigenvalue weighted by molar-refractivity contribution is 0.0339. The van der Waals surface area contributed by atoms with Gasteiger partial charge in [-0.3, -0.25) is 4.79 Å². The highest BCUT2D eigenvalue weighted by atomic mass is 79.9. The zero-order chi connectivity index (χ0) is 25.4. The Bertz CT molecular complexity index is 1580. The fourth-order valence-corrected chi connectivity index (χ4v) is 7.40. The van der Waals surface area contributed by atoms with Gasteiger partial charge in [0, 0.05) is 21.0 Å². The molecule has 4 aliphatic carbocycles. The molecule has 3 nitrogen and oxygen atoms in total. The minimum absolute atomic E-state index is 0.0428. The molecule has 8 rings (SSSR count). The smallest absolute Gasteiger partial charge is 0.252 e. The minimum atomic E-state index is -0.0691. The number of hydrogen-bond acceptors (Lipinski definition) is 2. The van der Waals surface area contributed by atoms with E-state index in [0.29, 0.717) is 5.41 Å². The largest absolute Gasteiger partial charge is 0.347 e. The molecule has 37 heavy (non-hydrogen) atoms. The first-order chi connectivity index (χ1) is 17.8. The highest BCUT2D eigenvalue weighted by Gasteiger charge is 2.47. The van der Waals surface area contributed by atoms with Gasteiger partial charge in [0.1, 0.15) is 0 Å². The monoisotopic (exact) mass is 550 g/mol. The van der Waals surface area contributed by atoms with Gasteiger partial charge in [-0.15, -0.1) is 0 Å². The van der Waals surface area contributed by atoms with Gasteiger partial charge < -0.3 is 5.32 Å². The van der Waals surface area contributed by atoms with Gasteiger partial charge in [0.05, 0.1) is 16.8 Å². The zero-order valence-electron chi connectivity index (χ0n) is 21.5. The Kier molecular flexibility index (Phi) is 5.17. The fraction of sp³-hybridized carbons (Fsp3) is 0.333. The van der Waals surface area contributed by atoms with E-state index in [0.717, 1.165) is 63.4 Å². The number of benzene rings is 3. The number of rotatable bonds is 3. The molecule has 186 valence electrons. The molecule has 3 saturated carbocycles. The second-order valence-corrected chi connectivity index (χ2v) is 12.8. The van der Waals surface area contributed by atoms with Crippen LogP contribution in [-0.2, 0) is 6.42 Å². The van der Waals surface area contributed by atoms with Gasteiger partial charge in [-0.25, -0.2) is 4.98 Å². The van der Waals surface area contributed by atoms with Crippen LogP contribution >= 0.6 is 15.9 Å². The molecule has 4 heteroatoms. The van der Waals surface area contributed by atoms with E-state index >= 15 is 0 Å². The molecule has 1 heterocycles. The van der Waals surface area contributed by atoms with Gasteiger partial charge in [-0.05, 0) is 109 Å². The van der Waals surface area contributed by atoms with Crippen LogP contribution in [-0.4, -0.2) is 16.4 Å². The standard InChI is InChI=1S/C33H31BrN2O/c1-20-29(31(37)36-33-14-11-32(2,12-15-33)13-16-33)27-19-24(34)9-10-28(27)35-30(20)23-8-7-22-17-21-5-3-4-6-25(21)26(22)18-23/h3-10,18-19H,11-17H2,1-2H3,(H,36,37). The van der Waals surface area contributed by atoms with E-state index in [1.54, 1.807) is 0 Å². The summed E-state index contributed by atoms with van der Waals surface area (Å²) < 4.78 is 0.960. The van der Waals surface area contributed by atoms with E-state index in [1.165, 1.54) is 41.5 Å². The van der Waals surface area contributed by atoms with Crippen LogP contribution in [0, 0.1) is 12.3 Å². The number of fused-ring (bicyclic) bond motifs is 7. The minimum Gasteiger partial charge on any atom is -0.347 e. The molecule has 0 atom stereocenters. The van der Waals surface area contributed by atoms with E-state index in [2.05, 4.69) is 77.6 Å². The van der Waals surface area contributed by atoms with Crippen LogP contribution in [0.5, 0.6) is 0 Å². The van der Waals surface area contributed by atoms with Crippen LogP contribution in [0.4, 0.5) is 0 Å². The van der Waals surface area contributed by atoms with Gasteiger partial charge in [-0.1, -0.05) is 59.3 Å². The summed E-state index contributed by atoms with van der Waals surface area (Å²) >= 11 is 3.63. The topological polar surface area (TPSA) is 42.0 Å². The van der Waals surface area contributed by atoms with Crippen LogP contribution in [0.3, 0.4) is 0 Å². The normalized spacial score (nSPS) is 23.6. The lowest BCUT2D eigenvalue weighted by Crippen LogP contribution is -2.56. The van der Waals surface area contributed by atoms with Crippen molar-refractivity contribution in [3.05, 3.63) is 87.4 Å². The van der Waals surface area contributed by atoms with Crippen LogP contribution < -0.4 is 5.32 Å². The second-order valence-electron chi connectivity index (χ2n) is 11.9. The number of hydrogen-bond donors (Lipinski definition) is 1. The van der Waals surface area contributed by atoms with E-state index in [1.807, 2.05) is 18.2 Å². The van der Waals surface area contributed by atoms with Crippen LogP contribution in [0.15, 0.2) is 65.1 Å². The summed E-state index contributed by atoms with van der Waals surface area (Å²) in [5.41, 5.74) is 10.2. The van der Waals surface area contributed by atoms with E-state index in [4.69, 9.17) is 4.98 Å². The Morgan fingerprint density at radius 2 is 1.62 bits per heavy atom. The summed E-state index contributed by atoms with van der Waals surface area (Å²) in [6, 6.07) is 21.4. The van der Waals surface area contributed by atoms with Crippen molar-refractivity contribution in [3.63, 3.8) is 0 Å². The lowest BCUT2D eigenvalue weighted by atomic mass is 9.58. The van der Waals surface area contributed by atoms with E-state index in [-0.39, 0.29) is 11.4 Å². The number of amides is 1. The molecule has 0 spiro atoms. The molecule has 0 aliphatic heterocycles. The van der Waals surface area contributed by atoms with E-state index in [9.17, 15) is 4.79 Å². The SMILES string of the molecule is Cc1c(-c2ccc3c(c2)-c2ccccc2C3)nc2ccc(Br)cc2c1C(=O)NC12CCC(C)(CC1)CC2. The second kappa shape index (κ2) is 8.26. The number of nitrogens with one attached hydrogen (secondary N) is 1. The maximum Gasteiger partial charge on any atom is 0.252 e. The van der Waals surface area contributed by atoms with Gasteiger partial charge in [0.25, 0.3) is 5.91 Å². The molecule has 2 bridgehead atoms. The molecule has 1 N–H and O–H groups in total. The highest BCUT2D eigenvalue weighted by molar-refractivity contribution is 9.10. The molecular weight excluding hydrogens is 520 g/mol. The van der Waals surface area contributed by atoms with Gasteiger partial charge in [0.2, 0.25) is 0 Å². The first-order valence-electron chi connectivity index (χ1n) is 13.5. The molecule has 0 radical (unpaired) electrons. The molecule has 1 aromatic heterocycles. The fourth-order valence-electron chi connectivity index (χ4n) is 7.04. The third-order valence-electron chi connectivity index (χ3n) is 9.49. The number of pyridine rings is 1. The lowest BCUT2D eigenvalue weighted by Gasteiger charge is -2.52. The molecule has 1 amide bonds. The molecule has 4 aliphatic rings. The van der Waals surface area contributed by atoms with Crippen molar-refractivity contribution in [1.82, 2.24) is 10.3 Å². The number of carbonyl (C=O) groups is 1. The van der Waals surface area contributed by atoms with Crippen molar-refractivity contribution >= 4 is 32.7 Å². The third kappa shape index (κ3) is 3.75. The molecule has 3 fully saturated rings. The van der Waals surface area contributed by atoms with Gasteiger partial charge in [-0.2, -0.15) is 0 Å². The molecule has 0 saturated heterocycles. The predicted octanol–water partition coefficient (Wildman–Crippen LogP) is 8.39. The van der Waals surface area contributed by atoms with Crippen molar-refractivity contribution in [2.75, 3.05) is 0 Å². The summed E-state index contributed by atoms with van der Waals surface area (Å²) in [6.07, 6.45) is 7.83. The highest BCUT2D eigenvalue weighted by Crippen LogP contribution is 2.52. The Hall–Kier alpha value is -2.98. The van der Waals surface area contributed by atoms with Crippen LogP contribution in [0.2, 0.25) is 0 Å². The van der Waals surface area contributed by atoms with Gasteiger partial charge >= 0.3 is 0 Å². The quantitative estimate of drug-likeness (QED) is 0.245. The number of nitrogens with zero attached hydrogens (tertiary/aromatic N) is 1.